The molecule has 7 N–H and O–H groups in total. The van der Waals surface area contributed by atoms with Gasteiger partial charge in [0, 0.05) is 13.0 Å². The van der Waals surface area contributed by atoms with Gasteiger partial charge in [-0.2, -0.15) is 0 Å². The van der Waals surface area contributed by atoms with Gasteiger partial charge in [-0.15, -0.1) is 0 Å². The number of unbranched alkanes of at least 4 members (excludes halogenated alkanes) is 27. The summed E-state index contributed by atoms with van der Waals surface area (Å²) >= 11 is 0. The minimum atomic E-state index is -1.71. The Labute approximate surface area is 473 Å². The summed E-state index contributed by atoms with van der Waals surface area (Å²) in [6.07, 6.45) is 47.1. The maximum Gasteiger partial charge on any atom is 0.306 e. The fraction of sp³-hybridized carbons (Fsp3) is 0.828. The van der Waals surface area contributed by atoms with E-state index in [-0.39, 0.29) is 25.6 Å². The van der Waals surface area contributed by atoms with Crippen LogP contribution in [0.4, 0.5) is 0 Å². The molecule has 2 aliphatic rings. The van der Waals surface area contributed by atoms with Gasteiger partial charge in [0.05, 0.1) is 26.4 Å². The number of ether oxygens (including phenoxy) is 6. The van der Waals surface area contributed by atoms with Crippen molar-refractivity contribution in [3.8, 4) is 0 Å². The summed E-state index contributed by atoms with van der Waals surface area (Å²) in [5.74, 6) is -0.385. The molecular formula is C64H114O14. The zero-order valence-electron chi connectivity index (χ0n) is 48.9. The molecule has 78 heavy (non-hydrogen) atoms. The highest BCUT2D eigenvalue weighted by Gasteiger charge is 2.47. The van der Waals surface area contributed by atoms with E-state index in [2.05, 4.69) is 74.6 Å². The highest BCUT2D eigenvalue weighted by molar-refractivity contribution is 5.69. The zero-order valence-corrected chi connectivity index (χ0v) is 48.9. The molecule has 0 saturated carbocycles. The van der Waals surface area contributed by atoms with Crippen molar-refractivity contribution in [2.75, 3.05) is 33.0 Å². The minimum absolute atomic E-state index is 0.0577. The van der Waals surface area contributed by atoms with E-state index >= 15 is 0 Å². The Morgan fingerprint density at radius 3 is 1.31 bits per heavy atom. The van der Waals surface area contributed by atoms with Gasteiger partial charge in [-0.05, 0) is 57.8 Å². The molecule has 0 aromatic rings. The lowest BCUT2D eigenvalue weighted by Gasteiger charge is -2.42. The third kappa shape index (κ3) is 36.2. The molecular weight excluding hydrogens is 993 g/mol. The molecule has 2 heterocycles. The highest BCUT2D eigenvalue weighted by Crippen LogP contribution is 2.27. The number of hydrogen-bond donors (Lipinski definition) is 7. The van der Waals surface area contributed by atoms with E-state index in [0.29, 0.717) is 13.0 Å². The second kappa shape index (κ2) is 50.4. The smallest absolute Gasteiger partial charge is 0.306 e. The van der Waals surface area contributed by atoms with E-state index < -0.39 is 80.7 Å². The molecule has 0 aliphatic carbocycles. The van der Waals surface area contributed by atoms with Gasteiger partial charge in [-0.1, -0.05) is 235 Å². The molecule has 0 aromatic heterocycles. The Kier molecular flexibility index (Phi) is 46.4. The van der Waals surface area contributed by atoms with Crippen molar-refractivity contribution in [2.24, 2.45) is 0 Å². The van der Waals surface area contributed by atoms with Crippen LogP contribution in [0, 0.1) is 0 Å². The van der Waals surface area contributed by atoms with Gasteiger partial charge < -0.3 is 64.2 Å². The average Bonchev–Trinajstić information content (AvgIpc) is 3.44. The second-order valence-corrected chi connectivity index (χ2v) is 21.9. The predicted octanol–water partition coefficient (Wildman–Crippen LogP) is 12.0. The van der Waals surface area contributed by atoms with Gasteiger partial charge in [0.2, 0.25) is 0 Å². The second-order valence-electron chi connectivity index (χ2n) is 21.9. The van der Waals surface area contributed by atoms with Crippen LogP contribution >= 0.6 is 0 Å². The van der Waals surface area contributed by atoms with Crippen LogP contribution in [0.1, 0.15) is 239 Å². The van der Waals surface area contributed by atoms with Gasteiger partial charge in [-0.3, -0.25) is 4.79 Å². The first-order valence-corrected chi connectivity index (χ1v) is 31.4. The maximum absolute atomic E-state index is 13.1. The summed E-state index contributed by atoms with van der Waals surface area (Å²) < 4.78 is 34.5. The Morgan fingerprint density at radius 1 is 0.436 bits per heavy atom. The number of rotatable bonds is 51. The number of carbonyl (C=O) groups is 1. The molecule has 2 aliphatic heterocycles. The molecule has 2 rings (SSSR count). The summed E-state index contributed by atoms with van der Waals surface area (Å²) in [5, 5.41) is 72.5. The summed E-state index contributed by atoms with van der Waals surface area (Å²) in [7, 11) is 0. The van der Waals surface area contributed by atoms with E-state index in [1.807, 2.05) is 0 Å². The maximum atomic E-state index is 13.1. The quantitative estimate of drug-likeness (QED) is 0.0172. The van der Waals surface area contributed by atoms with Crippen molar-refractivity contribution in [1.29, 1.82) is 0 Å². The Hall–Kier alpha value is -2.31. The number of esters is 1. The SMILES string of the molecule is CC/C=C\C/C=C\C/C=C\C/C=C\C/C=C\CCCCCCCCCC(=O)OC(COCCCCCCCCCCCCCCCCCCCCCCC)COC1OC(COC2OC(CO)C(O)C(O)C2O)C(O)C(O)C1O. The third-order valence-corrected chi connectivity index (χ3v) is 14.8. The largest absolute Gasteiger partial charge is 0.457 e. The molecule has 11 atom stereocenters. The van der Waals surface area contributed by atoms with E-state index in [1.165, 1.54) is 128 Å². The van der Waals surface area contributed by atoms with Gasteiger partial charge in [0.1, 0.15) is 54.9 Å². The molecule has 0 spiro atoms. The molecule has 2 saturated heterocycles. The third-order valence-electron chi connectivity index (χ3n) is 14.8. The normalized spacial score (nSPS) is 24.5. The van der Waals surface area contributed by atoms with Crippen LogP contribution in [-0.2, 0) is 33.2 Å². The molecule has 14 heteroatoms. The van der Waals surface area contributed by atoms with Crippen LogP contribution in [0.2, 0.25) is 0 Å². The van der Waals surface area contributed by atoms with Crippen molar-refractivity contribution in [2.45, 2.75) is 306 Å². The highest BCUT2D eigenvalue weighted by atomic mass is 16.7. The minimum Gasteiger partial charge on any atom is -0.457 e. The van der Waals surface area contributed by atoms with Crippen LogP contribution in [0.15, 0.2) is 60.8 Å². The number of aliphatic hydroxyl groups excluding tert-OH is 7. The van der Waals surface area contributed by atoms with Crippen molar-refractivity contribution in [3.63, 3.8) is 0 Å². The fourth-order valence-corrected chi connectivity index (χ4v) is 9.78. The van der Waals surface area contributed by atoms with Crippen LogP contribution in [0.5, 0.6) is 0 Å². The van der Waals surface area contributed by atoms with E-state index in [1.54, 1.807) is 0 Å². The van der Waals surface area contributed by atoms with Crippen LogP contribution < -0.4 is 0 Å². The lowest BCUT2D eigenvalue weighted by atomic mass is 9.98. The summed E-state index contributed by atoms with van der Waals surface area (Å²) in [6, 6.07) is 0. The molecule has 2 fully saturated rings. The van der Waals surface area contributed by atoms with Crippen molar-refractivity contribution in [1.82, 2.24) is 0 Å². The van der Waals surface area contributed by atoms with E-state index in [0.717, 1.165) is 83.5 Å². The topological polar surface area (TPSA) is 214 Å². The van der Waals surface area contributed by atoms with Crippen molar-refractivity contribution >= 4 is 5.97 Å². The number of carbonyl (C=O) groups excluding carboxylic acids is 1. The monoisotopic (exact) mass is 1110 g/mol. The van der Waals surface area contributed by atoms with Crippen LogP contribution in [0.25, 0.3) is 0 Å². The molecule has 0 radical (unpaired) electrons. The molecule has 454 valence electrons. The average molecular weight is 1110 g/mol. The van der Waals surface area contributed by atoms with Gasteiger partial charge >= 0.3 is 5.97 Å². The van der Waals surface area contributed by atoms with Gasteiger partial charge in [0.15, 0.2) is 12.6 Å². The lowest BCUT2D eigenvalue weighted by molar-refractivity contribution is -0.332. The standard InChI is InChI=1S/C64H114O14/c1-3-5-7-9-11-13-15-17-19-21-23-25-26-27-29-31-33-35-37-39-41-43-45-47-56(66)76-53(50-73-48-46-44-42-40-38-36-34-32-30-28-24-22-20-18-16-14-12-10-8-6-4-2)51-74-63-62(72)60(70)58(68)55(78-63)52-75-64-61(71)59(69)57(67)54(49-65)77-64/h5,7,11,13,17,19,23,25,27,29,53-55,57-65,67-72H,3-4,6,8-10,12,14-16,18,20-22,24,26,28,30-52H2,1-2H3/b7-5-,13-11-,19-17-,25-23-,29-27-. The lowest BCUT2D eigenvalue weighted by Crippen LogP contribution is -2.61. The predicted molar refractivity (Wildman–Crippen MR) is 312 cm³/mol. The first kappa shape index (κ1) is 71.8. The van der Waals surface area contributed by atoms with Crippen molar-refractivity contribution < 1.29 is 69.0 Å². The van der Waals surface area contributed by atoms with Crippen LogP contribution in [-0.4, -0.2) is 142 Å². The number of aliphatic hydroxyl groups is 7. The fourth-order valence-electron chi connectivity index (χ4n) is 9.78. The Morgan fingerprint density at radius 2 is 0.833 bits per heavy atom. The Balaban J connectivity index is 1.69. The first-order valence-electron chi connectivity index (χ1n) is 31.4. The number of allylic oxidation sites excluding steroid dienone is 10. The summed E-state index contributed by atoms with van der Waals surface area (Å²) in [6.45, 7) is 3.60. The summed E-state index contributed by atoms with van der Waals surface area (Å²) in [5.41, 5.74) is 0. The van der Waals surface area contributed by atoms with Crippen molar-refractivity contribution in [3.05, 3.63) is 60.8 Å². The first-order chi connectivity index (χ1) is 38.1. The number of hydrogen-bond acceptors (Lipinski definition) is 14. The zero-order chi connectivity index (χ0) is 56.5. The van der Waals surface area contributed by atoms with E-state index in [9.17, 15) is 40.5 Å². The molecule has 11 unspecified atom stereocenters. The molecule has 0 bridgehead atoms. The van der Waals surface area contributed by atoms with Crippen LogP contribution in [0.3, 0.4) is 0 Å². The Bertz CT molecular complexity index is 1520. The van der Waals surface area contributed by atoms with Gasteiger partial charge in [0.25, 0.3) is 0 Å². The summed E-state index contributed by atoms with van der Waals surface area (Å²) in [4.78, 5) is 13.1. The van der Waals surface area contributed by atoms with E-state index in [4.69, 9.17) is 28.4 Å². The molecule has 0 amide bonds. The molecule has 14 nitrogen and oxygen atoms in total. The molecule has 0 aromatic carbocycles. The van der Waals surface area contributed by atoms with Gasteiger partial charge in [-0.25, -0.2) is 0 Å².